The normalized spacial score (nSPS) is 20.9. The number of rotatable bonds is 1. The van der Waals surface area contributed by atoms with Crippen LogP contribution in [0.15, 0.2) is 4.52 Å². The molecule has 0 radical (unpaired) electrons. The number of alkyl halides is 1. The van der Waals surface area contributed by atoms with Crippen molar-refractivity contribution in [2.24, 2.45) is 0 Å². The number of carbonyl (C=O) groups is 1. The van der Waals surface area contributed by atoms with E-state index in [1.165, 1.54) is 0 Å². The predicted octanol–water partition coefficient (Wildman–Crippen LogP) is 1.33. The van der Waals surface area contributed by atoms with E-state index >= 15 is 0 Å². The molecule has 2 rings (SSSR count). The number of carboxylic acid groups (broad SMARTS) is 1. The summed E-state index contributed by atoms with van der Waals surface area (Å²) in [6.45, 7) is 0. The molecule has 5 heteroatoms. The smallest absolute Gasteiger partial charge is 0.358 e. The third-order valence-electron chi connectivity index (χ3n) is 1.95. The molecule has 0 saturated carbocycles. The number of fused-ring (bicyclic) bond motifs is 1. The zero-order valence-corrected chi connectivity index (χ0v) is 6.08. The first-order valence-corrected chi connectivity index (χ1v) is 3.56. The van der Waals surface area contributed by atoms with Crippen LogP contribution >= 0.6 is 0 Å². The molecule has 1 atom stereocenters. The van der Waals surface area contributed by atoms with Crippen LogP contribution in [0.3, 0.4) is 0 Å². The van der Waals surface area contributed by atoms with E-state index in [1.54, 1.807) is 0 Å². The van der Waals surface area contributed by atoms with Gasteiger partial charge < -0.3 is 9.63 Å². The fraction of sp³-hybridized carbons (Fsp3) is 0.429. The summed E-state index contributed by atoms with van der Waals surface area (Å²) in [6, 6.07) is 0. The second kappa shape index (κ2) is 2.30. The summed E-state index contributed by atoms with van der Waals surface area (Å²) < 4.78 is 17.4. The quantitative estimate of drug-likeness (QED) is 0.692. The molecule has 1 heterocycles. The zero-order chi connectivity index (χ0) is 8.72. The monoisotopic (exact) mass is 171 g/mol. The van der Waals surface area contributed by atoms with Crippen molar-refractivity contribution in [3.63, 3.8) is 0 Å². The molecule has 1 N–H and O–H groups in total. The second-order valence-electron chi connectivity index (χ2n) is 2.69. The molecule has 0 spiro atoms. The average molecular weight is 171 g/mol. The van der Waals surface area contributed by atoms with E-state index in [1.807, 2.05) is 0 Å². The van der Waals surface area contributed by atoms with E-state index in [2.05, 4.69) is 9.68 Å². The lowest BCUT2D eigenvalue weighted by Gasteiger charge is -1.89. The summed E-state index contributed by atoms with van der Waals surface area (Å²) in [6.07, 6.45) is -0.473. The van der Waals surface area contributed by atoms with Crippen molar-refractivity contribution in [1.82, 2.24) is 5.16 Å². The van der Waals surface area contributed by atoms with Crippen LogP contribution in [0.25, 0.3) is 0 Å². The molecule has 12 heavy (non-hydrogen) atoms. The van der Waals surface area contributed by atoms with Crippen molar-refractivity contribution in [2.75, 3.05) is 0 Å². The number of carboxylic acids is 1. The largest absolute Gasteiger partial charge is 0.476 e. The molecule has 1 aromatic rings. The number of nitrogens with zero attached hydrogens (tertiary/aromatic N) is 1. The third kappa shape index (κ3) is 0.823. The van der Waals surface area contributed by atoms with E-state index in [-0.39, 0.29) is 11.5 Å². The highest BCUT2D eigenvalue weighted by atomic mass is 19.1. The van der Waals surface area contributed by atoms with Crippen LogP contribution in [0.5, 0.6) is 0 Å². The topological polar surface area (TPSA) is 63.3 Å². The molecule has 0 saturated heterocycles. The fourth-order valence-corrected chi connectivity index (χ4v) is 1.38. The lowest BCUT2D eigenvalue weighted by Crippen LogP contribution is -1.99. The maximum absolute atomic E-state index is 12.9. The van der Waals surface area contributed by atoms with Crippen molar-refractivity contribution in [2.45, 2.75) is 19.0 Å². The highest BCUT2D eigenvalue weighted by molar-refractivity contribution is 5.87. The summed E-state index contributed by atoms with van der Waals surface area (Å²) >= 11 is 0. The Morgan fingerprint density at radius 2 is 2.50 bits per heavy atom. The Labute approximate surface area is 67.0 Å². The Balaban J connectivity index is 2.49. The van der Waals surface area contributed by atoms with E-state index in [0.29, 0.717) is 18.4 Å². The Bertz CT molecular complexity index is 333. The average Bonchev–Trinajstić information content (AvgIpc) is 2.53. The Hall–Kier alpha value is -1.39. The van der Waals surface area contributed by atoms with E-state index in [9.17, 15) is 9.18 Å². The minimum absolute atomic E-state index is 0.0902. The number of aromatic nitrogens is 1. The Morgan fingerprint density at radius 3 is 3.17 bits per heavy atom. The van der Waals surface area contributed by atoms with Crippen LogP contribution in [-0.4, -0.2) is 16.2 Å². The first kappa shape index (κ1) is 7.27. The van der Waals surface area contributed by atoms with Gasteiger partial charge in [-0.3, -0.25) is 0 Å². The van der Waals surface area contributed by atoms with Crippen LogP contribution in [0.1, 0.15) is 34.4 Å². The van der Waals surface area contributed by atoms with Crippen LogP contribution < -0.4 is 0 Å². The van der Waals surface area contributed by atoms with Gasteiger partial charge in [0.05, 0.1) is 0 Å². The second-order valence-corrected chi connectivity index (χ2v) is 2.69. The predicted molar refractivity (Wildman–Crippen MR) is 35.6 cm³/mol. The van der Waals surface area contributed by atoms with Crippen LogP contribution in [0.4, 0.5) is 4.39 Å². The molecule has 1 aliphatic rings. The number of halogens is 1. The van der Waals surface area contributed by atoms with E-state index in [4.69, 9.17) is 5.11 Å². The van der Waals surface area contributed by atoms with Crippen LogP contribution in [-0.2, 0) is 6.42 Å². The van der Waals surface area contributed by atoms with Gasteiger partial charge in [-0.2, -0.15) is 0 Å². The summed E-state index contributed by atoms with van der Waals surface area (Å²) in [5.41, 5.74) is 0.264. The molecule has 0 amide bonds. The maximum atomic E-state index is 12.9. The lowest BCUT2D eigenvalue weighted by molar-refractivity contribution is 0.0683. The molecule has 4 nitrogen and oxygen atoms in total. The first-order valence-electron chi connectivity index (χ1n) is 3.56. The molecule has 1 unspecified atom stereocenters. The number of hydrogen-bond acceptors (Lipinski definition) is 3. The first-order chi connectivity index (χ1) is 5.70. The van der Waals surface area contributed by atoms with Gasteiger partial charge >= 0.3 is 5.97 Å². The van der Waals surface area contributed by atoms with Crippen LogP contribution in [0, 0.1) is 0 Å². The van der Waals surface area contributed by atoms with Crippen molar-refractivity contribution < 1.29 is 18.8 Å². The van der Waals surface area contributed by atoms with Gasteiger partial charge in [-0.15, -0.1) is 0 Å². The molecular formula is C7H6FNO3. The minimum Gasteiger partial charge on any atom is -0.476 e. The third-order valence-corrected chi connectivity index (χ3v) is 1.95. The van der Waals surface area contributed by atoms with Crippen molar-refractivity contribution in [3.05, 3.63) is 17.0 Å². The van der Waals surface area contributed by atoms with Gasteiger partial charge in [-0.1, -0.05) is 5.16 Å². The molecule has 1 aromatic heterocycles. The Kier molecular flexibility index (Phi) is 1.39. The molecule has 0 bridgehead atoms. The summed E-state index contributed by atoms with van der Waals surface area (Å²) in [5, 5.41) is 11.9. The maximum Gasteiger partial charge on any atom is 0.358 e. The molecular weight excluding hydrogens is 165 g/mol. The van der Waals surface area contributed by atoms with Gasteiger partial charge in [0, 0.05) is 5.56 Å². The zero-order valence-electron chi connectivity index (χ0n) is 6.08. The number of aromatic carboxylic acids is 1. The molecule has 0 fully saturated rings. The highest BCUT2D eigenvalue weighted by Gasteiger charge is 2.32. The summed E-state index contributed by atoms with van der Waals surface area (Å²) in [5.74, 6) is -1.07. The fourth-order valence-electron chi connectivity index (χ4n) is 1.38. The lowest BCUT2D eigenvalue weighted by atomic mass is 10.2. The number of hydrogen-bond donors (Lipinski definition) is 1. The molecule has 1 aliphatic carbocycles. The van der Waals surface area contributed by atoms with Gasteiger partial charge in [0.25, 0.3) is 0 Å². The summed E-state index contributed by atoms with van der Waals surface area (Å²) in [7, 11) is 0. The minimum atomic E-state index is -1.18. The van der Waals surface area contributed by atoms with E-state index in [0.717, 1.165) is 0 Å². The molecule has 0 aliphatic heterocycles. The molecule has 0 aromatic carbocycles. The van der Waals surface area contributed by atoms with Gasteiger partial charge in [0.2, 0.25) is 0 Å². The van der Waals surface area contributed by atoms with Gasteiger partial charge in [0.15, 0.2) is 17.6 Å². The highest BCUT2D eigenvalue weighted by Crippen LogP contribution is 2.35. The summed E-state index contributed by atoms with van der Waals surface area (Å²) in [4.78, 5) is 10.5. The van der Waals surface area contributed by atoms with Gasteiger partial charge in [-0.05, 0) is 12.8 Å². The van der Waals surface area contributed by atoms with Crippen molar-refractivity contribution >= 4 is 5.97 Å². The van der Waals surface area contributed by atoms with Crippen LogP contribution in [0.2, 0.25) is 0 Å². The standard InChI is InChI=1S/C7H6FNO3/c8-4-2-1-3-5(7(10)11)9-12-6(3)4/h4H,1-2H2,(H,10,11). The van der Waals surface area contributed by atoms with Gasteiger partial charge in [-0.25, -0.2) is 9.18 Å². The van der Waals surface area contributed by atoms with Crippen molar-refractivity contribution in [1.29, 1.82) is 0 Å². The Morgan fingerprint density at radius 1 is 1.75 bits per heavy atom. The SMILES string of the molecule is O=C(O)c1noc2c1CCC2F. The van der Waals surface area contributed by atoms with E-state index < -0.39 is 12.1 Å². The van der Waals surface area contributed by atoms with Gasteiger partial charge in [0.1, 0.15) is 0 Å². The van der Waals surface area contributed by atoms with Crippen molar-refractivity contribution in [3.8, 4) is 0 Å². The molecule has 64 valence electrons.